The Balaban J connectivity index is 2.12. The lowest BCUT2D eigenvalue weighted by Crippen LogP contribution is -2.44. The lowest BCUT2D eigenvalue weighted by Gasteiger charge is -2.33. The molecule has 1 fully saturated rings. The van der Waals surface area contributed by atoms with E-state index in [4.69, 9.17) is 0 Å². The number of rotatable bonds is 1. The number of piperazine rings is 1. The zero-order valence-electron chi connectivity index (χ0n) is 9.20. The minimum absolute atomic E-state index is 1.07. The van der Waals surface area contributed by atoms with E-state index in [1.165, 1.54) is 5.56 Å². The van der Waals surface area contributed by atoms with Crippen LogP contribution < -0.4 is 4.90 Å². The molecule has 15 heavy (non-hydrogen) atoms. The maximum atomic E-state index is 4.45. The molecule has 1 saturated heterocycles. The molecule has 0 aromatic carbocycles. The second-order valence-corrected chi connectivity index (χ2v) is 4.94. The third-order valence-corrected chi connectivity index (χ3v) is 3.69. The van der Waals surface area contributed by atoms with E-state index < -0.39 is 0 Å². The number of hydrogen-bond donors (Lipinski definition) is 0. The van der Waals surface area contributed by atoms with Gasteiger partial charge in [-0.1, -0.05) is 0 Å². The van der Waals surface area contributed by atoms with Crippen molar-refractivity contribution in [2.45, 2.75) is 6.92 Å². The second-order valence-electron chi connectivity index (χ2n) is 4.08. The largest absolute Gasteiger partial charge is 0.354 e. The molecule has 0 radical (unpaired) electrons. The van der Waals surface area contributed by atoms with Crippen LogP contribution in [0.4, 0.5) is 5.82 Å². The molecule has 0 N–H and O–H groups in total. The number of likely N-dealkylation sites (N-methyl/N-ethyl adjacent to an activating group) is 1. The SMILES string of the molecule is Cc1cc(N2CCN(C)CC2)ncc1Br. The third kappa shape index (κ3) is 2.49. The van der Waals surface area contributed by atoms with Gasteiger partial charge in [0.05, 0.1) is 0 Å². The Hall–Kier alpha value is -0.610. The number of aromatic nitrogens is 1. The standard InChI is InChI=1S/C11H16BrN3/c1-9-7-11(13-8-10(9)12)15-5-3-14(2)4-6-15/h7-8H,3-6H2,1-2H3. The molecule has 0 amide bonds. The molecule has 0 saturated carbocycles. The lowest BCUT2D eigenvalue weighted by molar-refractivity contribution is 0.312. The molecule has 2 heterocycles. The van der Waals surface area contributed by atoms with Crippen molar-refractivity contribution in [2.24, 2.45) is 0 Å². The van der Waals surface area contributed by atoms with E-state index in [2.05, 4.69) is 50.8 Å². The van der Waals surface area contributed by atoms with E-state index in [1.54, 1.807) is 0 Å². The van der Waals surface area contributed by atoms with Crippen LogP contribution >= 0.6 is 15.9 Å². The van der Waals surface area contributed by atoms with Crippen LogP contribution in [0, 0.1) is 6.92 Å². The van der Waals surface area contributed by atoms with Crippen LogP contribution in [0.5, 0.6) is 0 Å². The number of hydrogen-bond acceptors (Lipinski definition) is 3. The Labute approximate surface area is 99.2 Å². The molecule has 4 heteroatoms. The van der Waals surface area contributed by atoms with E-state index in [0.717, 1.165) is 36.5 Å². The first kappa shape index (κ1) is 10.9. The van der Waals surface area contributed by atoms with Crippen LogP contribution in [0.3, 0.4) is 0 Å². The van der Waals surface area contributed by atoms with Crippen molar-refractivity contribution >= 4 is 21.7 Å². The molecule has 82 valence electrons. The Kier molecular flexibility index (Phi) is 3.26. The van der Waals surface area contributed by atoms with Gasteiger partial charge in [0, 0.05) is 36.8 Å². The van der Waals surface area contributed by atoms with Gasteiger partial charge < -0.3 is 9.80 Å². The molecule has 0 atom stereocenters. The molecule has 2 rings (SSSR count). The zero-order chi connectivity index (χ0) is 10.8. The summed E-state index contributed by atoms with van der Waals surface area (Å²) < 4.78 is 1.08. The van der Waals surface area contributed by atoms with Gasteiger partial charge in [-0.05, 0) is 41.5 Å². The summed E-state index contributed by atoms with van der Waals surface area (Å²) >= 11 is 3.47. The molecule has 0 unspecified atom stereocenters. The number of pyridine rings is 1. The monoisotopic (exact) mass is 269 g/mol. The van der Waals surface area contributed by atoms with Crippen LogP contribution in [-0.4, -0.2) is 43.1 Å². The lowest BCUT2D eigenvalue weighted by atomic mass is 10.2. The van der Waals surface area contributed by atoms with Crippen molar-refractivity contribution in [3.05, 3.63) is 22.3 Å². The van der Waals surface area contributed by atoms with Gasteiger partial charge in [0.25, 0.3) is 0 Å². The van der Waals surface area contributed by atoms with Gasteiger partial charge in [-0.3, -0.25) is 0 Å². The summed E-state index contributed by atoms with van der Waals surface area (Å²) in [7, 11) is 2.16. The Morgan fingerprint density at radius 3 is 2.53 bits per heavy atom. The highest BCUT2D eigenvalue weighted by Crippen LogP contribution is 2.20. The number of nitrogens with zero attached hydrogens (tertiary/aromatic N) is 3. The van der Waals surface area contributed by atoms with E-state index >= 15 is 0 Å². The first-order chi connectivity index (χ1) is 7.16. The van der Waals surface area contributed by atoms with Crippen LogP contribution in [0.2, 0.25) is 0 Å². The molecular formula is C11H16BrN3. The maximum Gasteiger partial charge on any atom is 0.128 e. The van der Waals surface area contributed by atoms with Crippen molar-refractivity contribution in [3.8, 4) is 0 Å². The van der Waals surface area contributed by atoms with Gasteiger partial charge in [0.1, 0.15) is 5.82 Å². The second kappa shape index (κ2) is 4.49. The summed E-state index contributed by atoms with van der Waals surface area (Å²) in [5.74, 6) is 1.10. The van der Waals surface area contributed by atoms with Gasteiger partial charge >= 0.3 is 0 Å². The minimum Gasteiger partial charge on any atom is -0.354 e. The molecule has 0 bridgehead atoms. The van der Waals surface area contributed by atoms with Crippen LogP contribution in [0.1, 0.15) is 5.56 Å². The molecule has 3 nitrogen and oxygen atoms in total. The van der Waals surface area contributed by atoms with E-state index in [9.17, 15) is 0 Å². The summed E-state index contributed by atoms with van der Waals surface area (Å²) in [6, 6.07) is 2.15. The third-order valence-electron chi connectivity index (χ3n) is 2.86. The molecular weight excluding hydrogens is 254 g/mol. The summed E-state index contributed by atoms with van der Waals surface area (Å²) in [6.07, 6.45) is 1.89. The van der Waals surface area contributed by atoms with Crippen LogP contribution in [-0.2, 0) is 0 Å². The van der Waals surface area contributed by atoms with Crippen LogP contribution in [0.15, 0.2) is 16.7 Å². The fourth-order valence-corrected chi connectivity index (χ4v) is 1.95. The topological polar surface area (TPSA) is 19.4 Å². The highest BCUT2D eigenvalue weighted by atomic mass is 79.9. The summed E-state index contributed by atoms with van der Waals surface area (Å²) in [5, 5.41) is 0. The molecule has 0 aliphatic carbocycles. The Morgan fingerprint density at radius 1 is 1.27 bits per heavy atom. The highest BCUT2D eigenvalue weighted by molar-refractivity contribution is 9.10. The normalized spacial score (nSPS) is 18.2. The summed E-state index contributed by atoms with van der Waals surface area (Å²) in [6.45, 7) is 6.49. The van der Waals surface area contributed by atoms with Gasteiger partial charge in [-0.2, -0.15) is 0 Å². The Morgan fingerprint density at radius 2 is 1.93 bits per heavy atom. The van der Waals surface area contributed by atoms with E-state index in [1.807, 2.05) is 6.20 Å². The quantitative estimate of drug-likeness (QED) is 0.777. The predicted molar refractivity (Wildman–Crippen MR) is 66.4 cm³/mol. The smallest absolute Gasteiger partial charge is 0.128 e. The molecule has 1 aromatic heterocycles. The fraction of sp³-hybridized carbons (Fsp3) is 0.545. The van der Waals surface area contributed by atoms with Gasteiger partial charge in [0.15, 0.2) is 0 Å². The number of aryl methyl sites for hydroxylation is 1. The Bertz CT molecular complexity index is 346. The fourth-order valence-electron chi connectivity index (χ4n) is 1.73. The van der Waals surface area contributed by atoms with Crippen molar-refractivity contribution in [1.29, 1.82) is 0 Å². The van der Waals surface area contributed by atoms with Gasteiger partial charge in [0.2, 0.25) is 0 Å². The molecule has 1 aliphatic rings. The van der Waals surface area contributed by atoms with Gasteiger partial charge in [-0.15, -0.1) is 0 Å². The van der Waals surface area contributed by atoms with Gasteiger partial charge in [-0.25, -0.2) is 4.98 Å². The molecule has 1 aromatic rings. The van der Waals surface area contributed by atoms with Crippen molar-refractivity contribution in [3.63, 3.8) is 0 Å². The van der Waals surface area contributed by atoms with E-state index in [0.29, 0.717) is 0 Å². The predicted octanol–water partition coefficient (Wildman–Crippen LogP) is 1.90. The number of anilines is 1. The maximum absolute atomic E-state index is 4.45. The van der Waals surface area contributed by atoms with E-state index in [-0.39, 0.29) is 0 Å². The van der Waals surface area contributed by atoms with Crippen molar-refractivity contribution in [2.75, 3.05) is 38.1 Å². The summed E-state index contributed by atoms with van der Waals surface area (Å²) in [5.41, 5.74) is 1.25. The highest BCUT2D eigenvalue weighted by Gasteiger charge is 2.15. The van der Waals surface area contributed by atoms with Crippen LogP contribution in [0.25, 0.3) is 0 Å². The first-order valence-corrected chi connectivity index (χ1v) is 6.02. The molecule has 1 aliphatic heterocycles. The minimum atomic E-state index is 1.07. The zero-order valence-corrected chi connectivity index (χ0v) is 10.8. The average molecular weight is 270 g/mol. The number of halogens is 1. The molecule has 0 spiro atoms. The average Bonchev–Trinajstić information content (AvgIpc) is 2.23. The summed E-state index contributed by atoms with van der Waals surface area (Å²) in [4.78, 5) is 9.14. The first-order valence-electron chi connectivity index (χ1n) is 5.22. The van der Waals surface area contributed by atoms with Crippen molar-refractivity contribution in [1.82, 2.24) is 9.88 Å². The van der Waals surface area contributed by atoms with Crippen molar-refractivity contribution < 1.29 is 0 Å².